The van der Waals surface area contributed by atoms with E-state index in [2.05, 4.69) is 57.0 Å². The van der Waals surface area contributed by atoms with E-state index in [1.165, 1.54) is 5.39 Å². The first-order valence-corrected chi connectivity index (χ1v) is 10.1. The number of hydrogen-bond donors (Lipinski definition) is 0. The second-order valence-corrected chi connectivity index (χ2v) is 7.30. The van der Waals surface area contributed by atoms with Gasteiger partial charge in [-0.05, 0) is 53.0 Å². The first kappa shape index (κ1) is 20.3. The van der Waals surface area contributed by atoms with Crippen molar-refractivity contribution in [2.75, 3.05) is 0 Å². The van der Waals surface area contributed by atoms with Gasteiger partial charge in [0.25, 0.3) is 0 Å². The summed E-state index contributed by atoms with van der Waals surface area (Å²) < 4.78 is 2.17. The van der Waals surface area contributed by atoms with Crippen molar-refractivity contribution in [3.63, 3.8) is 0 Å². The fourth-order valence-corrected chi connectivity index (χ4v) is 4.01. The largest absolute Gasteiger partial charge is 0.313 e. The Bertz CT molecular complexity index is 1530. The van der Waals surface area contributed by atoms with Crippen LogP contribution in [0.15, 0.2) is 103 Å². The monoisotopic (exact) mass is 592 g/mol. The standard InChI is InChI=1S/C27H17N4.Pt/c1-2-12-25-20(8-1)21-15-14-19(22-9-3-5-16-28-22)18-26(21)31(25)27-13-7-11-24(30-27)23-10-4-6-17-29-23;/h1-17H;/q-1;. The minimum atomic E-state index is 0. The molecule has 0 N–H and O–H groups in total. The van der Waals surface area contributed by atoms with Gasteiger partial charge in [0.1, 0.15) is 5.82 Å². The van der Waals surface area contributed by atoms with Gasteiger partial charge < -0.3 is 9.55 Å². The van der Waals surface area contributed by atoms with Crippen LogP contribution in [0.3, 0.4) is 0 Å². The molecule has 0 saturated carbocycles. The fraction of sp³-hybridized carbons (Fsp3) is 0. The molecule has 4 heterocycles. The summed E-state index contributed by atoms with van der Waals surface area (Å²) in [7, 11) is 0. The molecule has 0 radical (unpaired) electrons. The van der Waals surface area contributed by atoms with Crippen LogP contribution in [-0.4, -0.2) is 19.5 Å². The van der Waals surface area contributed by atoms with Crippen molar-refractivity contribution >= 4 is 21.8 Å². The molecule has 6 aromatic rings. The summed E-state index contributed by atoms with van der Waals surface area (Å²) in [6.45, 7) is 0. The summed E-state index contributed by atoms with van der Waals surface area (Å²) in [6, 6.07) is 34.0. The number of pyridine rings is 3. The first-order valence-electron chi connectivity index (χ1n) is 10.1. The number of para-hydroxylation sites is 1. The van der Waals surface area contributed by atoms with Gasteiger partial charge in [0.2, 0.25) is 0 Å². The average Bonchev–Trinajstić information content (AvgIpc) is 3.19. The molecule has 0 unspecified atom stereocenters. The van der Waals surface area contributed by atoms with Crippen molar-refractivity contribution in [3.05, 3.63) is 109 Å². The second-order valence-electron chi connectivity index (χ2n) is 7.30. The van der Waals surface area contributed by atoms with E-state index in [9.17, 15) is 0 Å². The van der Waals surface area contributed by atoms with E-state index in [1.54, 1.807) is 12.4 Å². The molecule has 0 fully saturated rings. The summed E-state index contributed by atoms with van der Waals surface area (Å²) in [5.41, 5.74) is 5.62. The molecular weight excluding hydrogens is 575 g/mol. The van der Waals surface area contributed by atoms with Crippen molar-refractivity contribution in [2.24, 2.45) is 0 Å². The predicted molar refractivity (Wildman–Crippen MR) is 124 cm³/mol. The van der Waals surface area contributed by atoms with Crippen molar-refractivity contribution in [3.8, 4) is 28.5 Å². The molecule has 0 aliphatic heterocycles. The van der Waals surface area contributed by atoms with Crippen LogP contribution in [0.1, 0.15) is 0 Å². The van der Waals surface area contributed by atoms with Crippen molar-refractivity contribution < 1.29 is 21.1 Å². The quantitative estimate of drug-likeness (QED) is 0.234. The van der Waals surface area contributed by atoms with Gasteiger partial charge in [-0.15, -0.1) is 23.8 Å². The Balaban J connectivity index is 0.00000216. The van der Waals surface area contributed by atoms with Crippen molar-refractivity contribution in [1.82, 2.24) is 19.5 Å². The molecule has 2 aromatic carbocycles. The molecule has 6 rings (SSSR count). The summed E-state index contributed by atoms with van der Waals surface area (Å²) in [4.78, 5) is 13.9. The maximum atomic E-state index is 4.95. The van der Waals surface area contributed by atoms with E-state index in [0.717, 1.165) is 44.9 Å². The van der Waals surface area contributed by atoms with Gasteiger partial charge in [-0.2, -0.15) is 0 Å². The molecule has 5 heteroatoms. The van der Waals surface area contributed by atoms with E-state index in [0.29, 0.717) is 0 Å². The zero-order valence-electron chi connectivity index (χ0n) is 16.9. The topological polar surface area (TPSA) is 43.6 Å². The Morgan fingerprint density at radius 2 is 1.31 bits per heavy atom. The third-order valence-corrected chi connectivity index (χ3v) is 5.42. The van der Waals surface area contributed by atoms with Gasteiger partial charge in [-0.3, -0.25) is 4.98 Å². The van der Waals surface area contributed by atoms with Crippen LogP contribution >= 0.6 is 0 Å². The van der Waals surface area contributed by atoms with E-state index >= 15 is 0 Å². The zero-order chi connectivity index (χ0) is 20.6. The molecule has 0 amide bonds. The zero-order valence-corrected chi connectivity index (χ0v) is 19.2. The molecule has 156 valence electrons. The Morgan fingerprint density at radius 3 is 2.09 bits per heavy atom. The van der Waals surface area contributed by atoms with E-state index in [4.69, 9.17) is 4.98 Å². The number of benzene rings is 2. The van der Waals surface area contributed by atoms with Crippen molar-refractivity contribution in [2.45, 2.75) is 0 Å². The van der Waals surface area contributed by atoms with Gasteiger partial charge in [-0.25, -0.2) is 4.98 Å². The molecule has 32 heavy (non-hydrogen) atoms. The molecule has 4 nitrogen and oxygen atoms in total. The minimum absolute atomic E-state index is 0. The smallest absolute Gasteiger partial charge is 0.136 e. The van der Waals surface area contributed by atoms with Crippen LogP contribution in [0, 0.1) is 6.07 Å². The predicted octanol–water partition coefficient (Wildman–Crippen LogP) is 6.10. The minimum Gasteiger partial charge on any atom is -0.313 e. The summed E-state index contributed by atoms with van der Waals surface area (Å²) in [5, 5.41) is 2.31. The third-order valence-electron chi connectivity index (χ3n) is 5.42. The molecule has 0 saturated heterocycles. The third kappa shape index (κ3) is 3.43. The summed E-state index contributed by atoms with van der Waals surface area (Å²) in [6.07, 6.45) is 3.60. The Labute approximate surface area is 199 Å². The normalized spacial score (nSPS) is 10.9. The van der Waals surface area contributed by atoms with E-state index < -0.39 is 0 Å². The average molecular weight is 593 g/mol. The molecule has 0 atom stereocenters. The van der Waals surface area contributed by atoms with Crippen LogP contribution < -0.4 is 0 Å². The number of nitrogens with zero attached hydrogens (tertiary/aromatic N) is 4. The molecule has 0 aliphatic carbocycles. The van der Waals surface area contributed by atoms with Gasteiger partial charge >= 0.3 is 0 Å². The SMILES string of the molecule is [Pt].[c-]1c(-c2ccccn2)ccc2c3ccccc3n(-c3cccc(-c4ccccn4)n3)c12. The molecule has 0 spiro atoms. The van der Waals surface area contributed by atoms with E-state index in [-0.39, 0.29) is 21.1 Å². The van der Waals surface area contributed by atoms with E-state index in [1.807, 2.05) is 54.6 Å². The summed E-state index contributed by atoms with van der Waals surface area (Å²) >= 11 is 0. The number of rotatable bonds is 3. The number of fused-ring (bicyclic) bond motifs is 3. The maximum Gasteiger partial charge on any atom is 0.136 e. The van der Waals surface area contributed by atoms with Crippen LogP contribution in [0.25, 0.3) is 50.3 Å². The van der Waals surface area contributed by atoms with Gasteiger partial charge in [0.15, 0.2) is 0 Å². The molecule has 4 aromatic heterocycles. The van der Waals surface area contributed by atoms with Crippen LogP contribution in [0.4, 0.5) is 0 Å². The van der Waals surface area contributed by atoms with Gasteiger partial charge in [0.05, 0.1) is 11.4 Å². The maximum absolute atomic E-state index is 4.95. The van der Waals surface area contributed by atoms with Crippen LogP contribution in [-0.2, 0) is 21.1 Å². The molecular formula is C27H17N4Pt-. The van der Waals surface area contributed by atoms with Crippen LogP contribution in [0.5, 0.6) is 0 Å². The first-order chi connectivity index (χ1) is 15.4. The van der Waals surface area contributed by atoms with Gasteiger partial charge in [-0.1, -0.05) is 47.9 Å². The fourth-order valence-electron chi connectivity index (χ4n) is 4.01. The Morgan fingerprint density at radius 1 is 0.594 bits per heavy atom. The van der Waals surface area contributed by atoms with Crippen molar-refractivity contribution in [1.29, 1.82) is 0 Å². The molecule has 0 bridgehead atoms. The van der Waals surface area contributed by atoms with Crippen LogP contribution in [0.2, 0.25) is 0 Å². The molecule has 0 aliphatic rings. The Hall–Kier alpha value is -3.62. The number of hydrogen-bond acceptors (Lipinski definition) is 3. The summed E-state index contributed by atoms with van der Waals surface area (Å²) in [5.74, 6) is 0.837. The Kier molecular flexibility index (Phi) is 5.38. The second kappa shape index (κ2) is 8.49. The number of aromatic nitrogens is 4. The van der Waals surface area contributed by atoms with Gasteiger partial charge in [0, 0.05) is 39.0 Å².